The van der Waals surface area contributed by atoms with Crippen molar-refractivity contribution in [1.29, 1.82) is 0 Å². The first kappa shape index (κ1) is 20.2. The zero-order chi connectivity index (χ0) is 19.9. The molecule has 4 heteroatoms. The molecule has 0 saturated carbocycles. The number of hydrogen-bond donors (Lipinski definition) is 0. The van der Waals surface area contributed by atoms with E-state index in [-0.39, 0.29) is 0 Å². The summed E-state index contributed by atoms with van der Waals surface area (Å²) in [5.74, 6) is 0.817. The van der Waals surface area contributed by atoms with E-state index in [4.69, 9.17) is 16.3 Å². The van der Waals surface area contributed by atoms with Gasteiger partial charge in [0, 0.05) is 23.8 Å². The summed E-state index contributed by atoms with van der Waals surface area (Å²) in [5, 5.41) is 2.95. The Morgan fingerprint density at radius 2 is 1.93 bits per heavy atom. The van der Waals surface area contributed by atoms with Gasteiger partial charge in [0.05, 0.1) is 11.6 Å². The fraction of sp³-hybridized carbons (Fsp3) is 0.400. The predicted molar refractivity (Wildman–Crippen MR) is 121 cm³/mol. The number of rotatable bonds is 8. The summed E-state index contributed by atoms with van der Waals surface area (Å²) in [4.78, 5) is 6.96. The molecule has 0 amide bonds. The van der Waals surface area contributed by atoms with Gasteiger partial charge in [0.25, 0.3) is 0 Å². The van der Waals surface area contributed by atoms with Crippen molar-refractivity contribution < 1.29 is 4.74 Å². The molecular formula is C25H29ClN2O. The summed E-state index contributed by atoms with van der Waals surface area (Å²) in [6.07, 6.45) is 11.2. The number of likely N-dealkylation sites (tertiary alicyclic amines) is 1. The minimum atomic E-state index is 0.531. The van der Waals surface area contributed by atoms with Crippen LogP contribution in [0, 0.1) is 0 Å². The maximum absolute atomic E-state index is 6.38. The Kier molecular flexibility index (Phi) is 7.02. The molecular weight excluding hydrogens is 380 g/mol. The van der Waals surface area contributed by atoms with Gasteiger partial charge in [0.2, 0.25) is 0 Å². The number of benzene rings is 2. The zero-order valence-corrected chi connectivity index (χ0v) is 17.7. The molecule has 0 spiro atoms. The Balaban J connectivity index is 1.25. The quantitative estimate of drug-likeness (QED) is 0.389. The van der Waals surface area contributed by atoms with Gasteiger partial charge in [0.1, 0.15) is 5.75 Å². The van der Waals surface area contributed by atoms with E-state index in [0.29, 0.717) is 17.7 Å². The molecule has 1 aliphatic heterocycles. The maximum Gasteiger partial charge on any atom is 0.145 e. The molecule has 0 radical (unpaired) electrons. The van der Waals surface area contributed by atoms with Gasteiger partial charge in [-0.3, -0.25) is 9.88 Å². The van der Waals surface area contributed by atoms with Crippen molar-refractivity contribution in [2.24, 2.45) is 0 Å². The van der Waals surface area contributed by atoms with E-state index >= 15 is 0 Å². The normalized spacial score (nSPS) is 17.5. The molecule has 2 aromatic carbocycles. The molecule has 29 heavy (non-hydrogen) atoms. The van der Waals surface area contributed by atoms with E-state index in [1.165, 1.54) is 49.6 Å². The van der Waals surface area contributed by atoms with E-state index < -0.39 is 0 Å². The molecule has 4 rings (SSSR count). The van der Waals surface area contributed by atoms with Crippen LogP contribution in [0.3, 0.4) is 0 Å². The summed E-state index contributed by atoms with van der Waals surface area (Å²) < 4.78 is 6.08. The highest BCUT2D eigenvalue weighted by atomic mass is 35.5. The van der Waals surface area contributed by atoms with E-state index in [9.17, 15) is 0 Å². The van der Waals surface area contributed by atoms with Crippen LogP contribution in [0.5, 0.6) is 5.75 Å². The monoisotopic (exact) mass is 408 g/mol. The summed E-state index contributed by atoms with van der Waals surface area (Å²) in [6, 6.07) is 17.0. The van der Waals surface area contributed by atoms with Crippen LogP contribution in [0.15, 0.2) is 60.9 Å². The average molecular weight is 409 g/mol. The summed E-state index contributed by atoms with van der Waals surface area (Å²) in [6.45, 7) is 3.05. The van der Waals surface area contributed by atoms with Crippen molar-refractivity contribution in [2.75, 3.05) is 19.7 Å². The van der Waals surface area contributed by atoms with Crippen LogP contribution < -0.4 is 4.74 Å². The molecule has 152 valence electrons. The van der Waals surface area contributed by atoms with Gasteiger partial charge >= 0.3 is 0 Å². The Morgan fingerprint density at radius 3 is 2.83 bits per heavy atom. The third-order valence-electron chi connectivity index (χ3n) is 5.85. The number of ether oxygens (including phenoxy) is 1. The fourth-order valence-corrected chi connectivity index (χ4v) is 4.56. The number of piperidine rings is 1. The van der Waals surface area contributed by atoms with Gasteiger partial charge in [-0.1, -0.05) is 54.4 Å². The van der Waals surface area contributed by atoms with Crippen molar-refractivity contribution in [3.05, 3.63) is 71.5 Å². The summed E-state index contributed by atoms with van der Waals surface area (Å²) in [5.41, 5.74) is 1.36. The predicted octanol–water partition coefficient (Wildman–Crippen LogP) is 6.66. The van der Waals surface area contributed by atoms with Crippen molar-refractivity contribution in [3.63, 3.8) is 0 Å². The lowest BCUT2D eigenvalue weighted by Crippen LogP contribution is -2.34. The lowest BCUT2D eigenvalue weighted by Gasteiger charge is -2.36. The highest BCUT2D eigenvalue weighted by molar-refractivity contribution is 6.33. The minimum Gasteiger partial charge on any atom is -0.491 e. The van der Waals surface area contributed by atoms with Gasteiger partial charge < -0.3 is 4.74 Å². The molecule has 1 atom stereocenters. The molecule has 2 heterocycles. The number of hydrogen-bond acceptors (Lipinski definition) is 3. The van der Waals surface area contributed by atoms with Crippen molar-refractivity contribution >= 4 is 22.4 Å². The SMILES string of the molecule is Clc1ccc2ccccc2c1OCCCCCN1CCCC[C@@H]1c1cccnc1. The van der Waals surface area contributed by atoms with Crippen LogP contribution in [0.1, 0.15) is 50.1 Å². The topological polar surface area (TPSA) is 25.4 Å². The van der Waals surface area contributed by atoms with E-state index in [0.717, 1.165) is 24.1 Å². The second-order valence-corrected chi connectivity index (χ2v) is 8.25. The summed E-state index contributed by atoms with van der Waals surface area (Å²) in [7, 11) is 0. The van der Waals surface area contributed by atoms with Crippen LogP contribution in [-0.4, -0.2) is 29.6 Å². The van der Waals surface area contributed by atoms with Crippen LogP contribution in [0.4, 0.5) is 0 Å². The molecule has 1 aromatic heterocycles. The van der Waals surface area contributed by atoms with Crippen molar-refractivity contribution in [2.45, 2.75) is 44.6 Å². The molecule has 3 aromatic rings. The third kappa shape index (κ3) is 5.09. The molecule has 0 N–H and O–H groups in total. The molecule has 0 unspecified atom stereocenters. The number of aromatic nitrogens is 1. The Morgan fingerprint density at radius 1 is 1.00 bits per heavy atom. The Bertz CT molecular complexity index is 915. The van der Waals surface area contributed by atoms with E-state index in [1.807, 2.05) is 36.7 Å². The lowest BCUT2D eigenvalue weighted by molar-refractivity contribution is 0.144. The number of pyridine rings is 1. The highest BCUT2D eigenvalue weighted by Gasteiger charge is 2.23. The average Bonchev–Trinajstić information content (AvgIpc) is 2.78. The number of halogens is 1. The van der Waals surface area contributed by atoms with Crippen LogP contribution in [0.25, 0.3) is 10.8 Å². The molecule has 1 fully saturated rings. The Hall–Kier alpha value is -2.10. The first-order valence-electron chi connectivity index (χ1n) is 10.8. The molecule has 1 aliphatic rings. The lowest BCUT2D eigenvalue weighted by atomic mass is 9.96. The second-order valence-electron chi connectivity index (χ2n) is 7.84. The van der Waals surface area contributed by atoms with Crippen LogP contribution >= 0.6 is 11.6 Å². The number of unbranched alkanes of at least 4 members (excludes halogenated alkanes) is 2. The minimum absolute atomic E-state index is 0.531. The first-order valence-corrected chi connectivity index (χ1v) is 11.1. The second kappa shape index (κ2) is 10.1. The number of fused-ring (bicyclic) bond motifs is 1. The third-order valence-corrected chi connectivity index (χ3v) is 6.15. The summed E-state index contributed by atoms with van der Waals surface area (Å²) >= 11 is 6.38. The molecule has 0 aliphatic carbocycles. The smallest absolute Gasteiger partial charge is 0.145 e. The van der Waals surface area contributed by atoms with Crippen molar-refractivity contribution in [3.8, 4) is 5.75 Å². The van der Waals surface area contributed by atoms with E-state index in [1.54, 1.807) is 0 Å². The van der Waals surface area contributed by atoms with Gasteiger partial charge in [-0.2, -0.15) is 0 Å². The van der Waals surface area contributed by atoms with Gasteiger partial charge in [-0.25, -0.2) is 0 Å². The first-order chi connectivity index (χ1) is 14.3. The van der Waals surface area contributed by atoms with Gasteiger partial charge in [-0.05, 0) is 68.3 Å². The van der Waals surface area contributed by atoms with Gasteiger partial charge in [-0.15, -0.1) is 0 Å². The molecule has 1 saturated heterocycles. The largest absolute Gasteiger partial charge is 0.491 e. The number of nitrogens with zero attached hydrogens (tertiary/aromatic N) is 2. The van der Waals surface area contributed by atoms with Crippen LogP contribution in [-0.2, 0) is 0 Å². The van der Waals surface area contributed by atoms with Crippen LogP contribution in [0.2, 0.25) is 5.02 Å². The van der Waals surface area contributed by atoms with Crippen molar-refractivity contribution in [1.82, 2.24) is 9.88 Å². The maximum atomic E-state index is 6.38. The molecule has 0 bridgehead atoms. The zero-order valence-electron chi connectivity index (χ0n) is 16.9. The standard InChI is InChI=1S/C25H29ClN2O/c26-23-14-13-20-9-2-3-11-22(20)25(23)29-18-7-1-5-16-28-17-6-4-12-24(28)21-10-8-15-27-19-21/h2-3,8-11,13-15,19,24H,1,4-7,12,16-18H2/t24-/m1/s1. The molecule has 3 nitrogen and oxygen atoms in total. The highest BCUT2D eigenvalue weighted by Crippen LogP contribution is 2.34. The van der Waals surface area contributed by atoms with E-state index in [2.05, 4.69) is 34.1 Å². The Labute approximate surface area is 178 Å². The fourth-order valence-electron chi connectivity index (χ4n) is 4.34. The van der Waals surface area contributed by atoms with Gasteiger partial charge in [0.15, 0.2) is 0 Å².